The van der Waals surface area contributed by atoms with Crippen molar-refractivity contribution in [1.29, 1.82) is 0 Å². The zero-order valence-corrected chi connectivity index (χ0v) is 19.2. The second-order valence-electron chi connectivity index (χ2n) is 8.27. The Kier molecular flexibility index (Phi) is 8.31. The number of ether oxygens (including phenoxy) is 1. The summed E-state index contributed by atoms with van der Waals surface area (Å²) in [4.78, 5) is 15.5. The van der Waals surface area contributed by atoms with Crippen LogP contribution in [0.2, 0.25) is 0 Å². The summed E-state index contributed by atoms with van der Waals surface area (Å²) in [5.41, 5.74) is 3.03. The van der Waals surface area contributed by atoms with Crippen LogP contribution in [0.15, 0.2) is 60.7 Å². The van der Waals surface area contributed by atoms with E-state index in [0.29, 0.717) is 29.1 Å². The highest BCUT2D eigenvalue weighted by Gasteiger charge is 2.30. The molecular weight excluding hydrogens is 443 g/mol. The molecule has 3 rings (SSSR count). The molecule has 0 fully saturated rings. The van der Waals surface area contributed by atoms with Crippen molar-refractivity contribution in [2.75, 3.05) is 0 Å². The van der Waals surface area contributed by atoms with Crippen LogP contribution in [0.1, 0.15) is 61.1 Å². The lowest BCUT2D eigenvalue weighted by Gasteiger charge is -2.21. The number of nitrogens with zero attached hydrogens (tertiary/aromatic N) is 1. The topological polar surface area (TPSA) is 59.4 Å². The van der Waals surface area contributed by atoms with Gasteiger partial charge in [-0.1, -0.05) is 43.7 Å². The van der Waals surface area contributed by atoms with E-state index in [1.54, 1.807) is 6.07 Å². The van der Waals surface area contributed by atoms with Crippen molar-refractivity contribution in [2.45, 2.75) is 58.2 Å². The smallest absolute Gasteiger partial charge is 0.416 e. The fourth-order valence-corrected chi connectivity index (χ4v) is 3.68. The molecule has 1 N–H and O–H groups in total. The number of unbranched alkanes of at least 4 members (excludes halogenated alkanes) is 1. The van der Waals surface area contributed by atoms with Crippen molar-refractivity contribution in [2.24, 2.45) is 0 Å². The zero-order valence-electron chi connectivity index (χ0n) is 19.2. The first-order valence-corrected chi connectivity index (χ1v) is 11.3. The van der Waals surface area contributed by atoms with Crippen LogP contribution < -0.4 is 4.74 Å². The molecule has 3 aromatic rings. The van der Waals surface area contributed by atoms with Crippen molar-refractivity contribution < 1.29 is 27.8 Å². The second-order valence-corrected chi connectivity index (χ2v) is 8.27. The molecular formula is C27H28F3NO3. The number of hydrogen-bond acceptors (Lipinski definition) is 3. The van der Waals surface area contributed by atoms with Gasteiger partial charge in [-0.3, -0.25) is 4.79 Å². The molecule has 0 amide bonds. The summed E-state index contributed by atoms with van der Waals surface area (Å²) in [5, 5.41) is 8.90. The van der Waals surface area contributed by atoms with E-state index < -0.39 is 17.7 Å². The number of carbonyl (C=O) groups is 1. The molecule has 1 heterocycles. The van der Waals surface area contributed by atoms with Crippen LogP contribution in [-0.4, -0.2) is 16.1 Å². The zero-order chi connectivity index (χ0) is 24.7. The Morgan fingerprint density at radius 2 is 1.82 bits per heavy atom. The second kappa shape index (κ2) is 11.2. The molecule has 4 nitrogen and oxygen atoms in total. The number of benzene rings is 2. The summed E-state index contributed by atoms with van der Waals surface area (Å²) >= 11 is 0. The molecule has 0 radical (unpaired) electrons. The van der Waals surface area contributed by atoms with Gasteiger partial charge in [0.2, 0.25) is 0 Å². The van der Waals surface area contributed by atoms with Gasteiger partial charge in [0, 0.05) is 12.0 Å². The number of aromatic nitrogens is 1. The van der Waals surface area contributed by atoms with Crippen LogP contribution in [0.5, 0.6) is 5.75 Å². The largest absolute Gasteiger partial charge is 0.484 e. The minimum absolute atomic E-state index is 0.0689. The maximum atomic E-state index is 12.9. The van der Waals surface area contributed by atoms with Gasteiger partial charge in [0.1, 0.15) is 11.9 Å². The molecule has 1 aromatic heterocycles. The average Bonchev–Trinajstić information content (AvgIpc) is 2.81. The Balaban J connectivity index is 1.84. The summed E-state index contributed by atoms with van der Waals surface area (Å²) in [7, 11) is 0. The first-order chi connectivity index (χ1) is 16.2. The van der Waals surface area contributed by atoms with Gasteiger partial charge in [0.15, 0.2) is 0 Å². The van der Waals surface area contributed by atoms with Gasteiger partial charge in [0.05, 0.1) is 17.0 Å². The summed E-state index contributed by atoms with van der Waals surface area (Å²) in [6.07, 6.45) is -1.55. The van der Waals surface area contributed by atoms with Gasteiger partial charge in [-0.05, 0) is 67.6 Å². The Labute approximate surface area is 197 Å². The van der Waals surface area contributed by atoms with Crippen LogP contribution in [0.25, 0.3) is 11.3 Å². The fourth-order valence-electron chi connectivity index (χ4n) is 3.68. The van der Waals surface area contributed by atoms with Crippen molar-refractivity contribution in [3.05, 3.63) is 83.0 Å². The van der Waals surface area contributed by atoms with E-state index in [9.17, 15) is 18.0 Å². The predicted molar refractivity (Wildman–Crippen MR) is 125 cm³/mol. The molecule has 0 aliphatic rings. The monoisotopic (exact) mass is 471 g/mol. The number of aryl methyl sites for hydroxylation is 2. The fraction of sp³-hybridized carbons (Fsp3) is 0.333. The molecule has 0 spiro atoms. The lowest BCUT2D eigenvalue weighted by atomic mass is 10.0. The maximum absolute atomic E-state index is 12.9. The highest BCUT2D eigenvalue weighted by atomic mass is 19.4. The number of halogens is 3. The third kappa shape index (κ3) is 6.83. The van der Waals surface area contributed by atoms with Crippen molar-refractivity contribution in [3.63, 3.8) is 0 Å². The Hall–Kier alpha value is -3.35. The number of pyridine rings is 1. The Bertz CT molecular complexity index is 1110. The maximum Gasteiger partial charge on any atom is 0.416 e. The third-order valence-corrected chi connectivity index (χ3v) is 5.56. The third-order valence-electron chi connectivity index (χ3n) is 5.56. The van der Waals surface area contributed by atoms with Gasteiger partial charge in [-0.25, -0.2) is 4.98 Å². The molecule has 180 valence electrons. The lowest BCUT2D eigenvalue weighted by Crippen LogP contribution is -2.11. The van der Waals surface area contributed by atoms with Crippen LogP contribution >= 0.6 is 0 Å². The minimum atomic E-state index is -4.38. The van der Waals surface area contributed by atoms with E-state index >= 15 is 0 Å². The molecule has 7 heteroatoms. The summed E-state index contributed by atoms with van der Waals surface area (Å²) in [6, 6.07) is 16.1. The van der Waals surface area contributed by atoms with Crippen LogP contribution in [0, 0.1) is 6.92 Å². The summed E-state index contributed by atoms with van der Waals surface area (Å²) < 4.78 is 45.0. The van der Waals surface area contributed by atoms with Gasteiger partial charge in [0.25, 0.3) is 0 Å². The Morgan fingerprint density at radius 1 is 1.09 bits per heavy atom. The number of alkyl halides is 3. The van der Waals surface area contributed by atoms with Crippen LogP contribution in [-0.2, 0) is 17.4 Å². The average molecular weight is 472 g/mol. The van der Waals surface area contributed by atoms with Gasteiger partial charge >= 0.3 is 12.1 Å². The number of hydrogen-bond donors (Lipinski definition) is 1. The molecule has 0 saturated carbocycles. The number of rotatable bonds is 10. The molecule has 0 saturated heterocycles. The van der Waals surface area contributed by atoms with E-state index in [0.717, 1.165) is 42.5 Å². The summed E-state index contributed by atoms with van der Waals surface area (Å²) in [6.45, 7) is 4.01. The molecule has 0 aliphatic heterocycles. The number of aliphatic carboxylic acids is 1. The van der Waals surface area contributed by atoms with E-state index in [2.05, 4.69) is 6.92 Å². The number of carboxylic acids is 1. The molecule has 0 bridgehead atoms. The highest BCUT2D eigenvalue weighted by molar-refractivity contribution is 5.67. The quantitative estimate of drug-likeness (QED) is 0.335. The molecule has 34 heavy (non-hydrogen) atoms. The molecule has 1 atom stereocenters. The van der Waals surface area contributed by atoms with Gasteiger partial charge in [-0.2, -0.15) is 13.2 Å². The predicted octanol–water partition coefficient (Wildman–Crippen LogP) is 7.40. The van der Waals surface area contributed by atoms with Crippen LogP contribution in [0.4, 0.5) is 13.2 Å². The van der Waals surface area contributed by atoms with Crippen molar-refractivity contribution >= 4 is 5.97 Å². The first-order valence-electron chi connectivity index (χ1n) is 11.3. The standard InChI is InChI=1S/C27H28F3NO3/c1-3-4-8-25(34-24-15-9-19(17-18(24)2)10-16-26(32)33)23-7-5-6-22(31-23)20-11-13-21(14-12-20)27(28,29)30/h5-7,9,11-15,17,25H,3-4,8,10,16H2,1-2H3,(H,32,33). The molecule has 2 aromatic carbocycles. The molecule has 1 unspecified atom stereocenters. The summed E-state index contributed by atoms with van der Waals surface area (Å²) in [5.74, 6) is -0.140. The first kappa shape index (κ1) is 25.3. The van der Waals surface area contributed by atoms with E-state index in [1.807, 2.05) is 37.3 Å². The van der Waals surface area contributed by atoms with E-state index in [4.69, 9.17) is 14.8 Å². The minimum Gasteiger partial charge on any atom is -0.484 e. The van der Waals surface area contributed by atoms with E-state index in [-0.39, 0.29) is 12.5 Å². The molecule has 0 aliphatic carbocycles. The SMILES string of the molecule is CCCCC(Oc1ccc(CCC(=O)O)cc1C)c1cccc(-c2ccc(C(F)(F)F)cc2)n1. The van der Waals surface area contributed by atoms with Gasteiger partial charge < -0.3 is 9.84 Å². The lowest BCUT2D eigenvalue weighted by molar-refractivity contribution is -0.138. The normalized spacial score (nSPS) is 12.4. The number of carboxylic acid groups (broad SMARTS) is 1. The van der Waals surface area contributed by atoms with Crippen molar-refractivity contribution in [3.8, 4) is 17.0 Å². The van der Waals surface area contributed by atoms with Gasteiger partial charge in [-0.15, -0.1) is 0 Å². The van der Waals surface area contributed by atoms with Crippen molar-refractivity contribution in [1.82, 2.24) is 4.98 Å². The highest BCUT2D eigenvalue weighted by Crippen LogP contribution is 2.32. The Morgan fingerprint density at radius 3 is 2.44 bits per heavy atom. The van der Waals surface area contributed by atoms with Crippen LogP contribution in [0.3, 0.4) is 0 Å². The van der Waals surface area contributed by atoms with E-state index in [1.165, 1.54) is 12.1 Å².